The van der Waals surface area contributed by atoms with Gasteiger partial charge in [0.2, 0.25) is 0 Å². The molecule has 0 bridgehead atoms. The summed E-state index contributed by atoms with van der Waals surface area (Å²) in [5, 5.41) is 14.3. The van der Waals surface area contributed by atoms with Gasteiger partial charge in [-0.05, 0) is 90.3 Å². The lowest BCUT2D eigenvalue weighted by atomic mass is 9.90. The first kappa shape index (κ1) is 34.5. The van der Waals surface area contributed by atoms with Crippen molar-refractivity contribution in [3.8, 4) is 84.7 Å². The Morgan fingerprint density at radius 3 is 1.47 bits per heavy atom. The van der Waals surface area contributed by atoms with E-state index >= 15 is 0 Å². The quantitative estimate of drug-likeness (QED) is 0.153. The summed E-state index contributed by atoms with van der Waals surface area (Å²) in [4.78, 5) is 15.7. The van der Waals surface area contributed by atoms with Crippen molar-refractivity contribution < 1.29 is 0 Å². The highest BCUT2D eigenvalue weighted by Crippen LogP contribution is 2.40. The van der Waals surface area contributed by atoms with Crippen molar-refractivity contribution in [2.24, 2.45) is 0 Å². The van der Waals surface area contributed by atoms with E-state index in [2.05, 4.69) is 164 Å². The molecule has 4 heteroatoms. The molecule has 0 radical (unpaired) electrons. The van der Waals surface area contributed by atoms with Gasteiger partial charge in [-0.2, -0.15) is 5.26 Å². The van der Waals surface area contributed by atoms with Gasteiger partial charge in [-0.25, -0.2) is 15.0 Å². The third-order valence-electron chi connectivity index (χ3n) is 10.8. The Hall–Kier alpha value is -8.00. The van der Waals surface area contributed by atoms with Crippen molar-refractivity contribution >= 4 is 21.5 Å². The number of nitrogens with zero attached hydrogens (tertiary/aromatic N) is 4. The summed E-state index contributed by atoms with van der Waals surface area (Å²) in [6.07, 6.45) is 0. The van der Waals surface area contributed by atoms with E-state index in [9.17, 15) is 5.26 Å². The van der Waals surface area contributed by atoms with Crippen molar-refractivity contribution in [2.75, 3.05) is 0 Å². The zero-order valence-corrected chi connectivity index (χ0v) is 31.4. The Kier molecular flexibility index (Phi) is 8.87. The highest BCUT2D eigenvalue weighted by atomic mass is 15.0. The van der Waals surface area contributed by atoms with Crippen molar-refractivity contribution in [3.05, 3.63) is 212 Å². The maximum atomic E-state index is 9.51. The summed E-state index contributed by atoms with van der Waals surface area (Å²) in [6, 6.07) is 73.5. The van der Waals surface area contributed by atoms with Crippen molar-refractivity contribution in [3.63, 3.8) is 0 Å². The third-order valence-corrected chi connectivity index (χ3v) is 10.8. The van der Waals surface area contributed by atoms with Crippen LogP contribution in [0.1, 0.15) is 5.56 Å². The molecule has 9 aromatic carbocycles. The van der Waals surface area contributed by atoms with E-state index in [-0.39, 0.29) is 0 Å². The van der Waals surface area contributed by atoms with Crippen LogP contribution in [0.5, 0.6) is 0 Å². The first-order chi connectivity index (χ1) is 28.7. The molecule has 1 heterocycles. The fraction of sp³-hybridized carbons (Fsp3) is 0. The van der Waals surface area contributed by atoms with Crippen LogP contribution in [0.3, 0.4) is 0 Å². The zero-order valence-electron chi connectivity index (χ0n) is 31.4. The fourth-order valence-corrected chi connectivity index (χ4v) is 7.84. The molecule has 1 aromatic heterocycles. The standard InChI is InChI=1S/C54H34N4/c55-35-36-12-11-18-43(32-36)39-24-28-42(29-25-39)53-56-52(41-26-22-38(23-27-41)37-13-3-1-4-14-37)57-54(58-53)51-34-45(30-31-47(51)40-15-5-2-6-16-40)50-33-44-17-7-8-19-46(44)48-20-9-10-21-49(48)50/h1-34H. The Morgan fingerprint density at radius 1 is 0.293 bits per heavy atom. The lowest BCUT2D eigenvalue weighted by Gasteiger charge is -2.16. The Bertz CT molecular complexity index is 3150. The summed E-state index contributed by atoms with van der Waals surface area (Å²) in [5.74, 6) is 1.75. The number of hydrogen-bond acceptors (Lipinski definition) is 4. The van der Waals surface area contributed by atoms with Gasteiger partial charge in [0.15, 0.2) is 17.5 Å². The molecule has 0 unspecified atom stereocenters. The van der Waals surface area contributed by atoms with Gasteiger partial charge in [0.1, 0.15) is 0 Å². The summed E-state index contributed by atoms with van der Waals surface area (Å²) >= 11 is 0. The topological polar surface area (TPSA) is 62.5 Å². The van der Waals surface area contributed by atoms with E-state index in [0.29, 0.717) is 23.0 Å². The monoisotopic (exact) mass is 738 g/mol. The van der Waals surface area contributed by atoms with Crippen LogP contribution in [0.15, 0.2) is 206 Å². The van der Waals surface area contributed by atoms with Gasteiger partial charge in [-0.1, -0.05) is 182 Å². The second-order valence-corrected chi connectivity index (χ2v) is 14.3. The smallest absolute Gasteiger partial charge is 0.164 e. The minimum atomic E-state index is 0.574. The maximum Gasteiger partial charge on any atom is 0.164 e. The van der Waals surface area contributed by atoms with E-state index in [1.165, 1.54) is 21.5 Å². The van der Waals surface area contributed by atoms with Gasteiger partial charge in [0.05, 0.1) is 11.6 Å². The fourth-order valence-electron chi connectivity index (χ4n) is 7.84. The number of aromatic nitrogens is 3. The highest BCUT2D eigenvalue weighted by molar-refractivity contribution is 6.14. The molecular formula is C54H34N4. The van der Waals surface area contributed by atoms with Crippen LogP contribution in [0.25, 0.3) is 100 Å². The SMILES string of the molecule is N#Cc1cccc(-c2ccc(-c3nc(-c4ccc(-c5ccccc5)cc4)nc(-c4cc(-c5cc6ccccc6c6ccccc56)ccc4-c4ccccc4)n3)cc2)c1. The van der Waals surface area contributed by atoms with Gasteiger partial charge in [0.25, 0.3) is 0 Å². The Morgan fingerprint density at radius 2 is 0.793 bits per heavy atom. The van der Waals surface area contributed by atoms with Gasteiger partial charge in [0, 0.05) is 16.7 Å². The molecule has 10 aromatic rings. The van der Waals surface area contributed by atoms with E-state index in [0.717, 1.165) is 61.2 Å². The van der Waals surface area contributed by atoms with Gasteiger partial charge in [-0.3, -0.25) is 0 Å². The van der Waals surface area contributed by atoms with Crippen LogP contribution in [-0.4, -0.2) is 15.0 Å². The first-order valence-corrected chi connectivity index (χ1v) is 19.3. The summed E-state index contributed by atoms with van der Waals surface area (Å²) in [7, 11) is 0. The van der Waals surface area contributed by atoms with E-state index < -0.39 is 0 Å². The zero-order chi connectivity index (χ0) is 38.8. The lowest BCUT2D eigenvalue weighted by Crippen LogP contribution is -2.01. The number of rotatable bonds is 7. The molecule has 0 saturated carbocycles. The largest absolute Gasteiger partial charge is 0.208 e. The third kappa shape index (κ3) is 6.57. The summed E-state index contributed by atoms with van der Waals surface area (Å²) < 4.78 is 0. The molecule has 0 atom stereocenters. The molecule has 10 rings (SSSR count). The molecule has 0 amide bonds. The second-order valence-electron chi connectivity index (χ2n) is 14.3. The molecule has 0 spiro atoms. The normalized spacial score (nSPS) is 11.1. The van der Waals surface area contributed by atoms with E-state index in [4.69, 9.17) is 15.0 Å². The van der Waals surface area contributed by atoms with Gasteiger partial charge >= 0.3 is 0 Å². The van der Waals surface area contributed by atoms with Crippen molar-refractivity contribution in [1.82, 2.24) is 15.0 Å². The van der Waals surface area contributed by atoms with Crippen LogP contribution < -0.4 is 0 Å². The molecule has 0 saturated heterocycles. The number of fused-ring (bicyclic) bond motifs is 3. The molecule has 270 valence electrons. The van der Waals surface area contributed by atoms with Crippen LogP contribution in [0, 0.1) is 11.3 Å². The molecule has 0 fully saturated rings. The number of nitriles is 1. The predicted molar refractivity (Wildman–Crippen MR) is 238 cm³/mol. The molecule has 0 aliphatic heterocycles. The van der Waals surface area contributed by atoms with Gasteiger partial charge in [-0.15, -0.1) is 0 Å². The average Bonchev–Trinajstić information content (AvgIpc) is 3.31. The van der Waals surface area contributed by atoms with Gasteiger partial charge < -0.3 is 0 Å². The maximum absolute atomic E-state index is 9.51. The molecule has 4 nitrogen and oxygen atoms in total. The molecule has 0 N–H and O–H groups in total. The van der Waals surface area contributed by atoms with Crippen LogP contribution in [0.4, 0.5) is 0 Å². The Balaban J connectivity index is 1.17. The van der Waals surface area contributed by atoms with Crippen molar-refractivity contribution in [1.29, 1.82) is 5.26 Å². The Labute approximate surface area is 337 Å². The van der Waals surface area contributed by atoms with E-state index in [1.54, 1.807) is 0 Å². The minimum absolute atomic E-state index is 0.574. The number of benzene rings is 9. The first-order valence-electron chi connectivity index (χ1n) is 19.3. The van der Waals surface area contributed by atoms with Crippen LogP contribution in [0.2, 0.25) is 0 Å². The van der Waals surface area contributed by atoms with Crippen molar-refractivity contribution in [2.45, 2.75) is 0 Å². The molecule has 0 aliphatic carbocycles. The molecule has 0 aliphatic rings. The highest BCUT2D eigenvalue weighted by Gasteiger charge is 2.19. The molecular weight excluding hydrogens is 705 g/mol. The minimum Gasteiger partial charge on any atom is -0.208 e. The second kappa shape index (κ2) is 14.9. The van der Waals surface area contributed by atoms with Crippen LogP contribution >= 0.6 is 0 Å². The summed E-state index contributed by atoms with van der Waals surface area (Å²) in [6.45, 7) is 0. The van der Waals surface area contributed by atoms with E-state index in [1.807, 2.05) is 48.5 Å². The number of hydrogen-bond donors (Lipinski definition) is 0. The molecule has 58 heavy (non-hydrogen) atoms. The average molecular weight is 739 g/mol. The summed E-state index contributed by atoms with van der Waals surface area (Å²) in [5.41, 5.74) is 11.9. The predicted octanol–water partition coefficient (Wildman–Crippen LogP) is 13.7. The lowest BCUT2D eigenvalue weighted by molar-refractivity contribution is 1.07. The van der Waals surface area contributed by atoms with Crippen LogP contribution in [-0.2, 0) is 0 Å².